The summed E-state index contributed by atoms with van der Waals surface area (Å²) in [6.45, 7) is 12.2. The summed E-state index contributed by atoms with van der Waals surface area (Å²) < 4.78 is 12.6. The van der Waals surface area contributed by atoms with Crippen molar-refractivity contribution in [3.05, 3.63) is 28.2 Å². The molecule has 21 heavy (non-hydrogen) atoms. The molecule has 4 nitrogen and oxygen atoms in total. The number of benzene rings is 1. The molecule has 0 aliphatic heterocycles. The van der Waals surface area contributed by atoms with E-state index < -0.39 is 8.32 Å². The lowest BCUT2D eigenvalue weighted by atomic mass is 10.2. The molecule has 0 aliphatic carbocycles. The molecule has 1 rings (SSSR count). The summed E-state index contributed by atoms with van der Waals surface area (Å²) in [7, 11) is -1.72. The van der Waals surface area contributed by atoms with Crippen LogP contribution in [0.1, 0.15) is 26.3 Å². The number of ether oxygens (including phenoxy) is 1. The highest BCUT2D eigenvalue weighted by Gasteiger charge is 2.36. The van der Waals surface area contributed by atoms with Gasteiger partial charge in [-0.1, -0.05) is 20.8 Å². The van der Waals surface area contributed by atoms with Crippen molar-refractivity contribution < 1.29 is 9.16 Å². The summed E-state index contributed by atoms with van der Waals surface area (Å²) in [5, 5.41) is 7.60. The average Bonchev–Trinajstić information content (AvgIpc) is 2.34. The van der Waals surface area contributed by atoms with Crippen LogP contribution in [0.5, 0.6) is 5.75 Å². The van der Waals surface area contributed by atoms with Crippen molar-refractivity contribution in [2.24, 2.45) is 5.73 Å². The topological polar surface area (TPSA) is 68.3 Å². The van der Waals surface area contributed by atoms with Crippen LogP contribution >= 0.6 is 15.9 Å². The van der Waals surface area contributed by atoms with E-state index in [9.17, 15) is 0 Å². The van der Waals surface area contributed by atoms with E-state index >= 15 is 0 Å². The van der Waals surface area contributed by atoms with Crippen molar-refractivity contribution >= 4 is 30.1 Å². The smallest absolute Gasteiger partial charge is 0.192 e. The maximum Gasteiger partial charge on any atom is 0.192 e. The lowest BCUT2D eigenvalue weighted by Crippen LogP contribution is -2.41. The largest absolute Gasteiger partial charge is 0.490 e. The van der Waals surface area contributed by atoms with Crippen molar-refractivity contribution in [1.82, 2.24) is 0 Å². The molecule has 3 N–H and O–H groups in total. The van der Waals surface area contributed by atoms with Crippen molar-refractivity contribution in [3.8, 4) is 5.75 Å². The summed E-state index contributed by atoms with van der Waals surface area (Å²) in [5.74, 6) is 0.780. The van der Waals surface area contributed by atoms with Crippen molar-refractivity contribution in [1.29, 1.82) is 5.41 Å². The van der Waals surface area contributed by atoms with Gasteiger partial charge in [0.25, 0.3) is 0 Å². The molecule has 0 aromatic heterocycles. The van der Waals surface area contributed by atoms with Gasteiger partial charge in [-0.15, -0.1) is 0 Å². The van der Waals surface area contributed by atoms with E-state index in [1.165, 1.54) is 0 Å². The first-order chi connectivity index (χ1) is 9.54. The number of nitrogens with one attached hydrogen (secondary N) is 1. The molecule has 0 amide bonds. The number of nitrogen functional groups attached to an aromatic ring is 1. The highest BCUT2D eigenvalue weighted by atomic mass is 79.9. The molecule has 0 saturated heterocycles. The Balaban J connectivity index is 2.52. The zero-order chi connectivity index (χ0) is 16.3. The lowest BCUT2D eigenvalue weighted by Gasteiger charge is -2.36. The number of rotatable bonds is 6. The predicted octanol–water partition coefficient (Wildman–Crippen LogP) is 4.13. The van der Waals surface area contributed by atoms with E-state index in [1.807, 2.05) is 6.07 Å². The van der Waals surface area contributed by atoms with Crippen LogP contribution in [0.25, 0.3) is 0 Å². The molecule has 1 aromatic carbocycles. The molecular weight excluding hydrogens is 348 g/mol. The normalized spacial score (nSPS) is 12.3. The molecule has 0 atom stereocenters. The second-order valence-electron chi connectivity index (χ2n) is 6.52. The van der Waals surface area contributed by atoms with Crippen LogP contribution in [0.4, 0.5) is 0 Å². The number of hydrogen-bond acceptors (Lipinski definition) is 3. The first kappa shape index (κ1) is 18.2. The summed E-state index contributed by atoms with van der Waals surface area (Å²) in [5.41, 5.74) is 6.12. The maximum atomic E-state index is 7.40. The Hall–Kier alpha value is -0.853. The summed E-state index contributed by atoms with van der Waals surface area (Å²) in [4.78, 5) is 0. The number of amidine groups is 1. The molecule has 0 unspecified atom stereocenters. The number of halogens is 1. The average molecular weight is 373 g/mol. The SMILES string of the molecule is CC(C)(C)[Si](C)(C)OCCOc1ccc(C(=N)N)cc1Br. The monoisotopic (exact) mass is 372 g/mol. The Morgan fingerprint density at radius 1 is 1.29 bits per heavy atom. The Labute approximate surface area is 136 Å². The van der Waals surface area contributed by atoms with E-state index in [0.29, 0.717) is 18.8 Å². The maximum absolute atomic E-state index is 7.40. The predicted molar refractivity (Wildman–Crippen MR) is 93.8 cm³/mol. The van der Waals surface area contributed by atoms with Crippen molar-refractivity contribution in [2.75, 3.05) is 13.2 Å². The second-order valence-corrected chi connectivity index (χ2v) is 12.2. The van der Waals surface area contributed by atoms with Crippen LogP contribution in [-0.2, 0) is 4.43 Å². The van der Waals surface area contributed by atoms with Crippen LogP contribution in [0.3, 0.4) is 0 Å². The Morgan fingerprint density at radius 2 is 1.90 bits per heavy atom. The first-order valence-corrected chi connectivity index (χ1v) is 10.7. The van der Waals surface area contributed by atoms with Gasteiger partial charge in [-0.2, -0.15) is 0 Å². The van der Waals surface area contributed by atoms with E-state index in [0.717, 1.165) is 10.2 Å². The van der Waals surface area contributed by atoms with Gasteiger partial charge in [0.05, 0.1) is 11.1 Å². The minimum absolute atomic E-state index is 0.0449. The fourth-order valence-electron chi connectivity index (χ4n) is 1.45. The Kier molecular flexibility index (Phi) is 6.01. The third kappa shape index (κ3) is 5.12. The zero-order valence-electron chi connectivity index (χ0n) is 13.4. The van der Waals surface area contributed by atoms with Gasteiger partial charge < -0.3 is 14.9 Å². The van der Waals surface area contributed by atoms with Crippen LogP contribution in [0, 0.1) is 5.41 Å². The van der Waals surface area contributed by atoms with Crippen LogP contribution in [0.2, 0.25) is 18.1 Å². The molecule has 6 heteroatoms. The van der Waals surface area contributed by atoms with Gasteiger partial charge >= 0.3 is 0 Å². The Morgan fingerprint density at radius 3 is 2.38 bits per heavy atom. The van der Waals surface area contributed by atoms with Gasteiger partial charge in [-0.05, 0) is 52.3 Å². The van der Waals surface area contributed by atoms with Crippen LogP contribution in [-0.4, -0.2) is 27.4 Å². The number of hydrogen-bond donors (Lipinski definition) is 2. The molecular formula is C15H25BrN2O2Si. The van der Waals surface area contributed by atoms with Crippen molar-refractivity contribution in [2.45, 2.75) is 38.9 Å². The van der Waals surface area contributed by atoms with Gasteiger partial charge in [-0.3, -0.25) is 5.41 Å². The highest BCUT2D eigenvalue weighted by molar-refractivity contribution is 9.10. The third-order valence-corrected chi connectivity index (χ3v) is 9.01. The van der Waals surface area contributed by atoms with Gasteiger partial charge in [0.15, 0.2) is 8.32 Å². The summed E-state index contributed by atoms with van der Waals surface area (Å²) >= 11 is 3.43. The van der Waals surface area contributed by atoms with Gasteiger partial charge in [0, 0.05) is 5.56 Å². The minimum atomic E-state index is -1.72. The first-order valence-electron chi connectivity index (χ1n) is 6.95. The quantitative estimate of drug-likeness (QED) is 0.341. The van der Waals surface area contributed by atoms with Crippen LogP contribution < -0.4 is 10.5 Å². The van der Waals surface area contributed by atoms with Crippen LogP contribution in [0.15, 0.2) is 22.7 Å². The number of nitrogens with two attached hydrogens (primary N) is 1. The fourth-order valence-corrected chi connectivity index (χ4v) is 2.97. The molecule has 0 heterocycles. The van der Waals surface area contributed by atoms with Gasteiger partial charge in [0.1, 0.15) is 18.2 Å². The molecule has 0 radical (unpaired) electrons. The fraction of sp³-hybridized carbons (Fsp3) is 0.533. The Bertz CT molecular complexity index is 513. The highest BCUT2D eigenvalue weighted by Crippen LogP contribution is 2.36. The molecule has 1 aromatic rings. The summed E-state index contributed by atoms with van der Waals surface area (Å²) in [6, 6.07) is 5.37. The van der Waals surface area contributed by atoms with Gasteiger partial charge in [-0.25, -0.2) is 0 Å². The van der Waals surface area contributed by atoms with Crippen molar-refractivity contribution in [3.63, 3.8) is 0 Å². The molecule has 0 fully saturated rings. The van der Waals surface area contributed by atoms with E-state index in [2.05, 4.69) is 49.8 Å². The third-order valence-electron chi connectivity index (χ3n) is 3.85. The standard InChI is InChI=1S/C15H25BrN2O2Si/c1-15(2,3)21(4,5)20-9-8-19-13-7-6-11(14(17)18)10-12(13)16/h6-7,10H,8-9H2,1-5H3,(H3,17,18). The van der Waals surface area contributed by atoms with E-state index in [-0.39, 0.29) is 10.9 Å². The second kappa shape index (κ2) is 6.94. The van der Waals surface area contributed by atoms with E-state index in [4.69, 9.17) is 20.3 Å². The minimum Gasteiger partial charge on any atom is -0.490 e. The lowest BCUT2D eigenvalue weighted by molar-refractivity contribution is 0.203. The molecule has 0 spiro atoms. The molecule has 0 aliphatic rings. The van der Waals surface area contributed by atoms with Gasteiger partial charge in [0.2, 0.25) is 0 Å². The summed E-state index contributed by atoms with van der Waals surface area (Å²) in [6.07, 6.45) is 0. The molecule has 118 valence electrons. The van der Waals surface area contributed by atoms with E-state index in [1.54, 1.807) is 12.1 Å². The zero-order valence-corrected chi connectivity index (χ0v) is 16.0. The molecule has 0 saturated carbocycles. The molecule has 0 bridgehead atoms.